The number of benzene rings is 2. The quantitative estimate of drug-likeness (QED) is 0.784. The molecule has 1 fully saturated rings. The van der Waals surface area contributed by atoms with E-state index in [9.17, 15) is 22.8 Å². The molecule has 1 aliphatic carbocycles. The number of amides is 3. The van der Waals surface area contributed by atoms with Gasteiger partial charge in [0.15, 0.2) is 0 Å². The van der Waals surface area contributed by atoms with Crippen LogP contribution < -0.4 is 10.6 Å². The fraction of sp³-hybridized carbons (Fsp3) is 0.333. The van der Waals surface area contributed by atoms with E-state index in [1.807, 2.05) is 11.0 Å². The largest absolute Gasteiger partial charge is 0.418 e. The van der Waals surface area contributed by atoms with E-state index in [2.05, 4.69) is 10.6 Å². The zero-order valence-electron chi connectivity index (χ0n) is 15.6. The van der Waals surface area contributed by atoms with Crippen LogP contribution in [-0.2, 0) is 23.9 Å². The number of hydrogen-bond donors (Lipinski definition) is 2. The van der Waals surface area contributed by atoms with Crippen molar-refractivity contribution in [2.24, 2.45) is 5.92 Å². The van der Waals surface area contributed by atoms with Gasteiger partial charge in [0.1, 0.15) is 0 Å². The van der Waals surface area contributed by atoms with Crippen molar-refractivity contribution in [3.05, 3.63) is 59.2 Å². The highest BCUT2D eigenvalue weighted by Crippen LogP contribution is 2.35. The molecule has 2 N–H and O–H groups in total. The highest BCUT2D eigenvalue weighted by Gasteiger charge is 2.35. The third-order valence-corrected chi connectivity index (χ3v) is 5.20. The summed E-state index contributed by atoms with van der Waals surface area (Å²) in [6, 6.07) is 9.43. The van der Waals surface area contributed by atoms with Crippen LogP contribution in [0.1, 0.15) is 29.5 Å². The van der Waals surface area contributed by atoms with E-state index >= 15 is 0 Å². The minimum Gasteiger partial charge on any atom is -0.338 e. The van der Waals surface area contributed by atoms with Crippen LogP contribution in [0.25, 0.3) is 0 Å². The molecule has 2 aromatic rings. The zero-order valence-corrected chi connectivity index (χ0v) is 15.6. The summed E-state index contributed by atoms with van der Waals surface area (Å²) >= 11 is 0. The molecule has 1 aliphatic heterocycles. The van der Waals surface area contributed by atoms with Crippen molar-refractivity contribution >= 4 is 23.3 Å². The Morgan fingerprint density at radius 3 is 2.48 bits per heavy atom. The van der Waals surface area contributed by atoms with Crippen molar-refractivity contribution in [2.75, 3.05) is 17.2 Å². The zero-order chi connectivity index (χ0) is 20.6. The first-order valence-corrected chi connectivity index (χ1v) is 9.46. The smallest absolute Gasteiger partial charge is 0.338 e. The van der Waals surface area contributed by atoms with Crippen LogP contribution in [0.2, 0.25) is 0 Å². The van der Waals surface area contributed by atoms with E-state index < -0.39 is 17.8 Å². The fourth-order valence-corrected chi connectivity index (χ4v) is 3.54. The van der Waals surface area contributed by atoms with Crippen LogP contribution in [0.4, 0.5) is 29.3 Å². The molecule has 2 aliphatic rings. The summed E-state index contributed by atoms with van der Waals surface area (Å²) in [5.74, 6) is 0.327. The van der Waals surface area contributed by atoms with Gasteiger partial charge in [-0.15, -0.1) is 0 Å². The van der Waals surface area contributed by atoms with E-state index in [1.54, 1.807) is 12.1 Å². The van der Waals surface area contributed by atoms with Crippen molar-refractivity contribution in [1.82, 2.24) is 4.90 Å². The van der Waals surface area contributed by atoms with Crippen molar-refractivity contribution in [1.29, 1.82) is 0 Å². The number of alkyl halides is 3. The van der Waals surface area contributed by atoms with Gasteiger partial charge in [-0.05, 0) is 54.7 Å². The number of para-hydroxylation sites is 1. The number of carbonyl (C=O) groups excluding carboxylic acids is 2. The number of nitrogens with zero attached hydrogens (tertiary/aromatic N) is 1. The SMILES string of the molecule is O=C(Nc1ccc2c(c1)CN(C(=O)C1CC1)CC2)Nc1ccccc1C(F)(F)F. The number of fused-ring (bicyclic) bond motifs is 1. The lowest BCUT2D eigenvalue weighted by molar-refractivity contribution is -0.137. The van der Waals surface area contributed by atoms with Gasteiger partial charge in [0.2, 0.25) is 5.91 Å². The second kappa shape index (κ2) is 7.42. The van der Waals surface area contributed by atoms with E-state index in [0.717, 1.165) is 36.5 Å². The molecule has 5 nitrogen and oxygen atoms in total. The second-order valence-electron chi connectivity index (χ2n) is 7.39. The summed E-state index contributed by atoms with van der Waals surface area (Å²) < 4.78 is 39.2. The highest BCUT2D eigenvalue weighted by atomic mass is 19.4. The Morgan fingerprint density at radius 2 is 1.76 bits per heavy atom. The first-order chi connectivity index (χ1) is 13.8. The molecule has 0 radical (unpaired) electrons. The topological polar surface area (TPSA) is 61.4 Å². The van der Waals surface area contributed by atoms with Gasteiger partial charge < -0.3 is 15.5 Å². The maximum absolute atomic E-state index is 13.1. The van der Waals surface area contributed by atoms with Crippen molar-refractivity contribution in [2.45, 2.75) is 32.0 Å². The summed E-state index contributed by atoms with van der Waals surface area (Å²) in [5.41, 5.74) is 1.30. The fourth-order valence-electron chi connectivity index (χ4n) is 3.54. The number of urea groups is 1. The Bertz CT molecular complexity index is 954. The van der Waals surface area contributed by atoms with Gasteiger partial charge in [-0.3, -0.25) is 4.79 Å². The lowest BCUT2D eigenvalue weighted by Crippen LogP contribution is -2.36. The average molecular weight is 403 g/mol. The van der Waals surface area contributed by atoms with Crippen molar-refractivity contribution < 1.29 is 22.8 Å². The third kappa shape index (κ3) is 4.36. The van der Waals surface area contributed by atoms with Gasteiger partial charge in [0.25, 0.3) is 0 Å². The average Bonchev–Trinajstić information content (AvgIpc) is 3.51. The molecule has 3 amide bonds. The van der Waals surface area contributed by atoms with Crippen LogP contribution in [0.5, 0.6) is 0 Å². The van der Waals surface area contributed by atoms with Gasteiger partial charge in [0, 0.05) is 24.7 Å². The number of hydrogen-bond acceptors (Lipinski definition) is 2. The third-order valence-electron chi connectivity index (χ3n) is 5.20. The first kappa shape index (κ1) is 19.3. The van der Waals surface area contributed by atoms with Gasteiger partial charge in [0.05, 0.1) is 11.3 Å². The number of nitrogens with one attached hydrogen (secondary N) is 2. The Kier molecular flexibility index (Phi) is 4.94. The van der Waals surface area contributed by atoms with E-state index in [1.165, 1.54) is 18.2 Å². The standard InChI is InChI=1S/C21H20F3N3O2/c22-21(23,24)17-3-1-2-4-18(17)26-20(29)25-16-8-7-13-9-10-27(12-15(13)11-16)19(28)14-5-6-14/h1-4,7-8,11,14H,5-6,9-10,12H2,(H2,25,26,29). The number of rotatable bonds is 3. The molecule has 4 rings (SSSR count). The minimum absolute atomic E-state index is 0.150. The maximum atomic E-state index is 13.1. The summed E-state index contributed by atoms with van der Waals surface area (Å²) in [4.78, 5) is 26.4. The first-order valence-electron chi connectivity index (χ1n) is 9.46. The number of carbonyl (C=O) groups is 2. The van der Waals surface area contributed by atoms with Gasteiger partial charge in [-0.25, -0.2) is 4.79 Å². The molecule has 8 heteroatoms. The Hall–Kier alpha value is -3.03. The molecule has 2 aromatic carbocycles. The summed E-state index contributed by atoms with van der Waals surface area (Å²) in [5, 5.41) is 4.84. The molecule has 0 unspecified atom stereocenters. The number of halogens is 3. The molecular weight excluding hydrogens is 383 g/mol. The summed E-state index contributed by atoms with van der Waals surface area (Å²) in [7, 11) is 0. The normalized spacial score (nSPS) is 16.2. The maximum Gasteiger partial charge on any atom is 0.418 e. The van der Waals surface area contributed by atoms with E-state index in [4.69, 9.17) is 0 Å². The van der Waals surface area contributed by atoms with Crippen LogP contribution in [0, 0.1) is 5.92 Å². The molecule has 0 atom stereocenters. The molecule has 0 spiro atoms. The highest BCUT2D eigenvalue weighted by molar-refractivity contribution is 6.00. The molecule has 0 saturated heterocycles. The summed E-state index contributed by atoms with van der Waals surface area (Å²) in [6.07, 6.45) is -1.92. The van der Waals surface area contributed by atoms with Crippen LogP contribution >= 0.6 is 0 Å². The van der Waals surface area contributed by atoms with Gasteiger partial charge in [-0.1, -0.05) is 18.2 Å². The predicted molar refractivity (Wildman–Crippen MR) is 102 cm³/mol. The molecule has 1 heterocycles. The molecule has 0 bridgehead atoms. The lowest BCUT2D eigenvalue weighted by Gasteiger charge is -2.29. The lowest BCUT2D eigenvalue weighted by atomic mass is 9.98. The Labute approximate surface area is 165 Å². The van der Waals surface area contributed by atoms with Crippen LogP contribution in [0.15, 0.2) is 42.5 Å². The second-order valence-corrected chi connectivity index (χ2v) is 7.39. The van der Waals surface area contributed by atoms with Crippen LogP contribution in [-0.4, -0.2) is 23.4 Å². The Balaban J connectivity index is 1.45. The van der Waals surface area contributed by atoms with E-state index in [0.29, 0.717) is 18.8 Å². The van der Waals surface area contributed by atoms with E-state index in [-0.39, 0.29) is 17.5 Å². The van der Waals surface area contributed by atoms with Gasteiger partial charge in [-0.2, -0.15) is 13.2 Å². The number of anilines is 2. The summed E-state index contributed by atoms with van der Waals surface area (Å²) in [6.45, 7) is 1.17. The molecule has 0 aromatic heterocycles. The molecular formula is C21H20F3N3O2. The minimum atomic E-state index is -4.56. The monoisotopic (exact) mass is 403 g/mol. The van der Waals surface area contributed by atoms with Gasteiger partial charge >= 0.3 is 12.2 Å². The predicted octanol–water partition coefficient (Wildman–Crippen LogP) is 4.64. The van der Waals surface area contributed by atoms with Crippen molar-refractivity contribution in [3.8, 4) is 0 Å². The molecule has 152 valence electrons. The van der Waals surface area contributed by atoms with Crippen LogP contribution in [0.3, 0.4) is 0 Å². The molecule has 29 heavy (non-hydrogen) atoms. The van der Waals surface area contributed by atoms with Crippen molar-refractivity contribution in [3.63, 3.8) is 0 Å². The molecule has 1 saturated carbocycles. The Morgan fingerprint density at radius 1 is 1.00 bits per heavy atom.